The van der Waals surface area contributed by atoms with E-state index >= 15 is 0 Å². The Hall–Kier alpha value is -2.26. The maximum absolute atomic E-state index is 12.9. The SMILES string of the molecule is O=C([O-])C[C@@H](C(=O)[O-])N1C(=O)/C(=C/c2ccc(F)cc2)SC1=S. The number of carboxylic acid groups (broad SMARTS) is 2. The fourth-order valence-electron chi connectivity index (χ4n) is 1.90. The van der Waals surface area contributed by atoms with Crippen LogP contribution < -0.4 is 10.2 Å². The maximum atomic E-state index is 12.9. The van der Waals surface area contributed by atoms with Crippen LogP contribution in [-0.4, -0.2) is 33.1 Å². The van der Waals surface area contributed by atoms with Crippen LogP contribution in [0.15, 0.2) is 29.2 Å². The number of hydrogen-bond acceptors (Lipinski definition) is 7. The first-order valence-corrected chi connectivity index (χ1v) is 7.45. The fourth-order valence-corrected chi connectivity index (χ4v) is 3.25. The Kier molecular flexibility index (Phi) is 5.12. The van der Waals surface area contributed by atoms with Gasteiger partial charge in [0.1, 0.15) is 10.1 Å². The second-order valence-electron chi connectivity index (χ2n) is 4.51. The number of benzene rings is 1. The molecule has 1 aromatic carbocycles. The smallest absolute Gasteiger partial charge is 0.266 e. The average molecular weight is 353 g/mol. The number of carbonyl (C=O) groups is 3. The predicted octanol–water partition coefficient (Wildman–Crippen LogP) is -0.715. The Morgan fingerprint density at radius 2 is 1.91 bits per heavy atom. The molecule has 0 aliphatic carbocycles. The van der Waals surface area contributed by atoms with E-state index in [0.717, 1.165) is 11.8 Å². The van der Waals surface area contributed by atoms with Crippen molar-refractivity contribution in [3.8, 4) is 0 Å². The quantitative estimate of drug-likeness (QED) is 0.509. The van der Waals surface area contributed by atoms with Gasteiger partial charge in [-0.05, 0) is 23.8 Å². The first-order chi connectivity index (χ1) is 10.8. The zero-order valence-electron chi connectivity index (χ0n) is 11.4. The predicted molar refractivity (Wildman–Crippen MR) is 79.8 cm³/mol. The molecule has 0 aromatic heterocycles. The molecule has 1 aromatic rings. The first-order valence-electron chi connectivity index (χ1n) is 6.23. The molecule has 1 saturated heterocycles. The number of amides is 1. The van der Waals surface area contributed by atoms with Crippen molar-refractivity contribution < 1.29 is 29.0 Å². The number of carbonyl (C=O) groups excluding carboxylic acids is 3. The van der Waals surface area contributed by atoms with Crippen LogP contribution in [-0.2, 0) is 14.4 Å². The van der Waals surface area contributed by atoms with Crippen molar-refractivity contribution in [3.63, 3.8) is 0 Å². The lowest BCUT2D eigenvalue weighted by Crippen LogP contribution is -2.52. The topological polar surface area (TPSA) is 101 Å². The number of nitrogens with zero attached hydrogens (tertiary/aromatic N) is 1. The van der Waals surface area contributed by atoms with Crippen LogP contribution in [0.25, 0.3) is 6.08 Å². The molecule has 1 fully saturated rings. The molecular weight excluding hydrogens is 345 g/mol. The zero-order valence-corrected chi connectivity index (χ0v) is 13.0. The molecule has 1 aliphatic rings. The van der Waals surface area contributed by atoms with Gasteiger partial charge in [-0.25, -0.2) is 4.39 Å². The van der Waals surface area contributed by atoms with Gasteiger partial charge in [-0.15, -0.1) is 0 Å². The molecule has 0 saturated carbocycles. The third kappa shape index (κ3) is 3.93. The van der Waals surface area contributed by atoms with Crippen LogP contribution in [0.1, 0.15) is 12.0 Å². The van der Waals surface area contributed by atoms with Gasteiger partial charge in [0.25, 0.3) is 5.91 Å². The second-order valence-corrected chi connectivity index (χ2v) is 6.19. The van der Waals surface area contributed by atoms with E-state index in [2.05, 4.69) is 0 Å². The lowest BCUT2D eigenvalue weighted by molar-refractivity contribution is -0.319. The molecule has 0 radical (unpaired) electrons. The summed E-state index contributed by atoms with van der Waals surface area (Å²) in [5, 5.41) is 21.7. The molecule has 120 valence electrons. The number of thiocarbonyl (C=S) groups is 1. The molecule has 6 nitrogen and oxygen atoms in total. The van der Waals surface area contributed by atoms with E-state index in [1.54, 1.807) is 0 Å². The summed E-state index contributed by atoms with van der Waals surface area (Å²) in [6.45, 7) is 0. The first kappa shape index (κ1) is 17.1. The molecule has 1 heterocycles. The number of carboxylic acids is 2. The van der Waals surface area contributed by atoms with Gasteiger partial charge in [0, 0.05) is 12.4 Å². The number of thioether (sulfide) groups is 1. The van der Waals surface area contributed by atoms with Gasteiger partial charge in [0.05, 0.1) is 16.9 Å². The highest BCUT2D eigenvalue weighted by Gasteiger charge is 2.37. The summed E-state index contributed by atoms with van der Waals surface area (Å²) < 4.78 is 12.8. The molecule has 1 atom stereocenters. The summed E-state index contributed by atoms with van der Waals surface area (Å²) in [6, 6.07) is 3.52. The van der Waals surface area contributed by atoms with Crippen LogP contribution in [0.4, 0.5) is 4.39 Å². The van der Waals surface area contributed by atoms with E-state index in [4.69, 9.17) is 12.2 Å². The van der Waals surface area contributed by atoms with Crippen LogP contribution in [0, 0.1) is 5.82 Å². The van der Waals surface area contributed by atoms with Crippen molar-refractivity contribution in [2.45, 2.75) is 12.5 Å². The van der Waals surface area contributed by atoms with Crippen molar-refractivity contribution in [2.75, 3.05) is 0 Å². The highest BCUT2D eigenvalue weighted by atomic mass is 32.2. The van der Waals surface area contributed by atoms with Crippen LogP contribution in [0.2, 0.25) is 0 Å². The Balaban J connectivity index is 2.30. The van der Waals surface area contributed by atoms with Crippen LogP contribution in [0.5, 0.6) is 0 Å². The molecule has 1 aliphatic heterocycles. The standard InChI is InChI=1S/C14H10FNO5S2/c15-8-3-1-7(2-4-8)5-10-12(19)16(14(22)23-10)9(13(20)21)6-11(17)18/h1-5,9H,6H2,(H,17,18)(H,20,21)/p-2/b10-5-/t9-/m0/s1. The zero-order chi connectivity index (χ0) is 17.1. The largest absolute Gasteiger partial charge is 0.550 e. The number of rotatable bonds is 5. The lowest BCUT2D eigenvalue weighted by Gasteiger charge is -2.27. The van der Waals surface area contributed by atoms with Crippen molar-refractivity contribution in [1.82, 2.24) is 4.90 Å². The van der Waals surface area contributed by atoms with Gasteiger partial charge >= 0.3 is 0 Å². The summed E-state index contributed by atoms with van der Waals surface area (Å²) in [6.07, 6.45) is 0.475. The van der Waals surface area contributed by atoms with Gasteiger partial charge in [0.2, 0.25) is 0 Å². The van der Waals surface area contributed by atoms with E-state index in [9.17, 15) is 29.0 Å². The van der Waals surface area contributed by atoms with E-state index < -0.39 is 36.1 Å². The van der Waals surface area contributed by atoms with E-state index in [-0.39, 0.29) is 9.23 Å². The normalized spacial score (nSPS) is 17.6. The molecule has 1 amide bonds. The average Bonchev–Trinajstić information content (AvgIpc) is 2.73. The molecule has 0 unspecified atom stereocenters. The highest BCUT2D eigenvalue weighted by Crippen LogP contribution is 2.34. The minimum absolute atomic E-state index is 0.0983. The summed E-state index contributed by atoms with van der Waals surface area (Å²) in [7, 11) is 0. The van der Waals surface area contributed by atoms with Crippen LogP contribution >= 0.6 is 24.0 Å². The number of aliphatic carboxylic acids is 2. The van der Waals surface area contributed by atoms with Crippen molar-refractivity contribution in [2.24, 2.45) is 0 Å². The third-order valence-corrected chi connectivity index (χ3v) is 4.27. The van der Waals surface area contributed by atoms with Gasteiger partial charge < -0.3 is 19.8 Å². The van der Waals surface area contributed by atoms with Gasteiger partial charge in [-0.3, -0.25) is 9.69 Å². The Morgan fingerprint density at radius 3 is 2.43 bits per heavy atom. The Morgan fingerprint density at radius 1 is 1.30 bits per heavy atom. The number of hydrogen-bond donors (Lipinski definition) is 0. The van der Waals surface area contributed by atoms with Gasteiger partial charge in [-0.2, -0.15) is 0 Å². The minimum Gasteiger partial charge on any atom is -0.550 e. The van der Waals surface area contributed by atoms with Crippen molar-refractivity contribution in [1.29, 1.82) is 0 Å². The lowest BCUT2D eigenvalue weighted by atomic mass is 10.1. The Bertz CT molecular complexity index is 716. The Labute approximate surface area is 139 Å². The fraction of sp³-hybridized carbons (Fsp3) is 0.143. The molecule has 2 rings (SSSR count). The minimum atomic E-state index is -1.74. The molecule has 23 heavy (non-hydrogen) atoms. The summed E-state index contributed by atoms with van der Waals surface area (Å²) in [5.41, 5.74) is 0.511. The number of halogens is 1. The summed E-state index contributed by atoms with van der Waals surface area (Å²) in [4.78, 5) is 34.8. The molecule has 0 bridgehead atoms. The van der Waals surface area contributed by atoms with Crippen molar-refractivity contribution in [3.05, 3.63) is 40.6 Å². The highest BCUT2D eigenvalue weighted by molar-refractivity contribution is 8.26. The van der Waals surface area contributed by atoms with E-state index in [1.165, 1.54) is 30.3 Å². The second kappa shape index (κ2) is 6.88. The van der Waals surface area contributed by atoms with Crippen LogP contribution in [0.3, 0.4) is 0 Å². The van der Waals surface area contributed by atoms with Gasteiger partial charge in [-0.1, -0.05) is 36.1 Å². The van der Waals surface area contributed by atoms with E-state index in [1.807, 2.05) is 0 Å². The molecule has 0 N–H and O–H groups in total. The summed E-state index contributed by atoms with van der Waals surface area (Å²) in [5.74, 6) is -4.58. The molecule has 0 spiro atoms. The monoisotopic (exact) mass is 353 g/mol. The summed E-state index contributed by atoms with van der Waals surface area (Å²) >= 11 is 5.77. The molecular formula is C14H8FNO5S2-2. The third-order valence-electron chi connectivity index (χ3n) is 2.94. The van der Waals surface area contributed by atoms with E-state index in [0.29, 0.717) is 10.5 Å². The maximum Gasteiger partial charge on any atom is 0.266 e. The van der Waals surface area contributed by atoms with Gasteiger partial charge in [0.15, 0.2) is 0 Å². The van der Waals surface area contributed by atoms with Crippen molar-refractivity contribution >= 4 is 52.2 Å². The molecule has 9 heteroatoms.